The molecule has 0 radical (unpaired) electrons. The van der Waals surface area contributed by atoms with Crippen LogP contribution >= 0.6 is 11.6 Å². The lowest BCUT2D eigenvalue weighted by molar-refractivity contribution is -0.166. The number of nitrogens with one attached hydrogen (secondary N) is 1. The van der Waals surface area contributed by atoms with Gasteiger partial charge in [-0.3, -0.25) is 14.5 Å². The van der Waals surface area contributed by atoms with Crippen molar-refractivity contribution in [2.24, 2.45) is 11.3 Å². The van der Waals surface area contributed by atoms with Crippen LogP contribution in [-0.2, 0) is 16.1 Å². The average Bonchev–Trinajstić information content (AvgIpc) is 3.36. The fourth-order valence-corrected chi connectivity index (χ4v) is 8.17. The topological polar surface area (TPSA) is 55.9 Å². The van der Waals surface area contributed by atoms with E-state index in [0.717, 1.165) is 18.7 Å². The zero-order chi connectivity index (χ0) is 27.5. The number of hydrogen-bond acceptors (Lipinski definition) is 4. The molecule has 4 fully saturated rings. The minimum atomic E-state index is -0.805. The summed E-state index contributed by atoms with van der Waals surface area (Å²) in [7, 11) is 0. The number of piperazine rings is 1. The van der Waals surface area contributed by atoms with E-state index in [1.165, 1.54) is 70.6 Å². The van der Waals surface area contributed by atoms with Gasteiger partial charge in [-0.05, 0) is 67.7 Å². The van der Waals surface area contributed by atoms with Crippen LogP contribution in [0.25, 0.3) is 0 Å². The lowest BCUT2D eigenvalue weighted by Crippen LogP contribution is -2.70. The SMILES string of the molecule is CC(C)CN1CC(=O)N(Cc2ccc(Cl)cc2)C2(CCN(C3NCCCC34CCCCCCCCC4)C2)C1=O. The molecular formula is C32H49ClN4O2. The minimum Gasteiger partial charge on any atom is -0.331 e. The molecule has 1 aromatic carbocycles. The van der Waals surface area contributed by atoms with Gasteiger partial charge < -0.3 is 15.1 Å². The number of nitrogens with zero attached hydrogens (tertiary/aromatic N) is 3. The predicted molar refractivity (Wildman–Crippen MR) is 157 cm³/mol. The summed E-state index contributed by atoms with van der Waals surface area (Å²) in [6.07, 6.45) is 15.4. The Morgan fingerprint density at radius 2 is 1.56 bits per heavy atom. The first kappa shape index (κ1) is 28.9. The molecule has 2 amide bonds. The highest BCUT2D eigenvalue weighted by molar-refractivity contribution is 6.30. The number of carbonyl (C=O) groups is 2. The van der Waals surface area contributed by atoms with Crippen molar-refractivity contribution < 1.29 is 9.59 Å². The van der Waals surface area contributed by atoms with E-state index in [-0.39, 0.29) is 29.9 Å². The highest BCUT2D eigenvalue weighted by Crippen LogP contribution is 2.46. The maximum atomic E-state index is 14.3. The lowest BCUT2D eigenvalue weighted by Gasteiger charge is -2.51. The Balaban J connectivity index is 1.43. The normalized spacial score (nSPS) is 29.1. The third kappa shape index (κ3) is 6.18. The summed E-state index contributed by atoms with van der Waals surface area (Å²) >= 11 is 6.16. The van der Waals surface area contributed by atoms with Crippen molar-refractivity contribution in [2.75, 3.05) is 32.7 Å². The average molecular weight is 557 g/mol. The summed E-state index contributed by atoms with van der Waals surface area (Å²) in [6.45, 7) is 8.03. The molecule has 0 aromatic heterocycles. The molecule has 3 saturated heterocycles. The van der Waals surface area contributed by atoms with Crippen LogP contribution < -0.4 is 5.32 Å². The standard InChI is InChI=1S/C32H49ClN4O2/c1-25(2)21-36-23-28(38)37(22-26-11-13-27(33)14-12-26)32(30(36)39)18-20-35(24-32)29-31(17-10-19-34-29)15-8-6-4-3-5-7-9-16-31/h11-14,25,29,34H,3-10,15-24H2,1-2H3. The second-order valence-electron chi connectivity index (χ2n) is 13.2. The van der Waals surface area contributed by atoms with Crippen LogP contribution in [0.5, 0.6) is 0 Å². The van der Waals surface area contributed by atoms with E-state index in [4.69, 9.17) is 11.6 Å². The Morgan fingerprint density at radius 3 is 2.23 bits per heavy atom. The fourth-order valence-electron chi connectivity index (χ4n) is 8.04. The molecule has 3 heterocycles. The molecule has 4 aliphatic rings. The van der Waals surface area contributed by atoms with E-state index in [2.05, 4.69) is 24.1 Å². The van der Waals surface area contributed by atoms with Gasteiger partial charge >= 0.3 is 0 Å². The van der Waals surface area contributed by atoms with E-state index >= 15 is 0 Å². The quantitative estimate of drug-likeness (QED) is 0.495. The Hall–Kier alpha value is -1.63. The van der Waals surface area contributed by atoms with Crippen LogP contribution in [0.15, 0.2) is 24.3 Å². The van der Waals surface area contributed by atoms with Gasteiger partial charge in [-0.1, -0.05) is 82.5 Å². The third-order valence-corrected chi connectivity index (χ3v) is 10.2. The Labute approximate surface area is 240 Å². The first-order chi connectivity index (χ1) is 18.8. The van der Waals surface area contributed by atoms with Crippen LogP contribution in [0.1, 0.15) is 96.5 Å². The molecule has 1 N–H and O–H groups in total. The Bertz CT molecular complexity index is 988. The monoisotopic (exact) mass is 556 g/mol. The van der Waals surface area contributed by atoms with E-state index in [9.17, 15) is 9.59 Å². The second-order valence-corrected chi connectivity index (χ2v) is 13.7. The number of amides is 2. The molecule has 3 aliphatic heterocycles. The number of benzene rings is 1. The predicted octanol–water partition coefficient (Wildman–Crippen LogP) is 5.83. The van der Waals surface area contributed by atoms with Crippen molar-refractivity contribution in [3.63, 3.8) is 0 Å². The van der Waals surface area contributed by atoms with Crippen LogP contribution in [-0.4, -0.2) is 70.9 Å². The first-order valence-corrected chi connectivity index (χ1v) is 16.0. The molecular weight excluding hydrogens is 508 g/mol. The Morgan fingerprint density at radius 1 is 0.923 bits per heavy atom. The summed E-state index contributed by atoms with van der Waals surface area (Å²) < 4.78 is 0. The molecule has 1 aliphatic carbocycles. The van der Waals surface area contributed by atoms with Gasteiger partial charge in [0, 0.05) is 31.2 Å². The van der Waals surface area contributed by atoms with Gasteiger partial charge in [-0.25, -0.2) is 0 Å². The second kappa shape index (κ2) is 12.5. The van der Waals surface area contributed by atoms with Gasteiger partial charge in [0.05, 0.1) is 12.7 Å². The molecule has 5 rings (SSSR count). The van der Waals surface area contributed by atoms with Crippen LogP contribution in [0, 0.1) is 11.3 Å². The van der Waals surface area contributed by atoms with Crippen molar-refractivity contribution in [3.05, 3.63) is 34.9 Å². The fraction of sp³-hybridized carbons (Fsp3) is 0.750. The van der Waals surface area contributed by atoms with Crippen LogP contribution in [0.4, 0.5) is 0 Å². The third-order valence-electron chi connectivity index (χ3n) is 9.93. The smallest absolute Gasteiger partial charge is 0.250 e. The zero-order valence-corrected chi connectivity index (χ0v) is 25.0. The van der Waals surface area contributed by atoms with Crippen molar-refractivity contribution in [1.29, 1.82) is 0 Å². The molecule has 39 heavy (non-hydrogen) atoms. The first-order valence-electron chi connectivity index (χ1n) is 15.6. The maximum Gasteiger partial charge on any atom is 0.250 e. The van der Waals surface area contributed by atoms with E-state index in [1.807, 2.05) is 34.1 Å². The number of carbonyl (C=O) groups excluding carboxylic acids is 2. The molecule has 2 atom stereocenters. The van der Waals surface area contributed by atoms with E-state index in [1.54, 1.807) is 0 Å². The lowest BCUT2D eigenvalue weighted by atomic mass is 9.69. The van der Waals surface area contributed by atoms with Crippen molar-refractivity contribution in [1.82, 2.24) is 20.0 Å². The van der Waals surface area contributed by atoms with E-state index in [0.29, 0.717) is 37.0 Å². The summed E-state index contributed by atoms with van der Waals surface area (Å²) in [5, 5.41) is 4.64. The van der Waals surface area contributed by atoms with Crippen LogP contribution in [0.2, 0.25) is 5.02 Å². The molecule has 1 saturated carbocycles. The molecule has 1 aromatic rings. The molecule has 7 heteroatoms. The number of hydrogen-bond donors (Lipinski definition) is 1. The highest BCUT2D eigenvalue weighted by Gasteiger charge is 2.58. The molecule has 2 spiro atoms. The summed E-state index contributed by atoms with van der Waals surface area (Å²) in [6, 6.07) is 7.72. The van der Waals surface area contributed by atoms with Crippen LogP contribution in [0.3, 0.4) is 0 Å². The zero-order valence-electron chi connectivity index (χ0n) is 24.2. The van der Waals surface area contributed by atoms with E-state index < -0.39 is 5.54 Å². The number of piperidine rings is 1. The van der Waals surface area contributed by atoms with Gasteiger partial charge in [-0.15, -0.1) is 0 Å². The summed E-state index contributed by atoms with van der Waals surface area (Å²) in [5.74, 6) is 0.533. The van der Waals surface area contributed by atoms with Crippen molar-refractivity contribution >= 4 is 23.4 Å². The summed E-state index contributed by atoms with van der Waals surface area (Å²) in [4.78, 5) is 34.4. The number of halogens is 1. The van der Waals surface area contributed by atoms with Crippen molar-refractivity contribution in [2.45, 2.75) is 109 Å². The molecule has 216 valence electrons. The number of likely N-dealkylation sites (tertiary alicyclic amines) is 1. The van der Waals surface area contributed by atoms with Gasteiger partial charge in [0.2, 0.25) is 11.8 Å². The largest absolute Gasteiger partial charge is 0.331 e. The summed E-state index contributed by atoms with van der Waals surface area (Å²) in [5.41, 5.74) is 0.483. The molecule has 2 unspecified atom stereocenters. The minimum absolute atomic E-state index is 0.0667. The van der Waals surface area contributed by atoms with Gasteiger partial charge in [-0.2, -0.15) is 0 Å². The van der Waals surface area contributed by atoms with Gasteiger partial charge in [0.1, 0.15) is 5.54 Å². The van der Waals surface area contributed by atoms with Gasteiger partial charge in [0.25, 0.3) is 0 Å². The Kier molecular flexibility index (Phi) is 9.25. The van der Waals surface area contributed by atoms with Crippen molar-refractivity contribution in [3.8, 4) is 0 Å². The van der Waals surface area contributed by atoms with Gasteiger partial charge in [0.15, 0.2) is 0 Å². The number of rotatable bonds is 5. The highest BCUT2D eigenvalue weighted by atomic mass is 35.5. The maximum absolute atomic E-state index is 14.3. The molecule has 6 nitrogen and oxygen atoms in total. The molecule has 0 bridgehead atoms.